The number of hydrogen-bond acceptors (Lipinski definition) is 8. The van der Waals surface area contributed by atoms with Crippen molar-refractivity contribution in [1.82, 2.24) is 20.2 Å². The number of para-hydroxylation sites is 1. The molecule has 0 unspecified atom stereocenters. The lowest BCUT2D eigenvalue weighted by molar-refractivity contribution is -0.274. The first-order chi connectivity index (χ1) is 16.8. The number of halogens is 3. The number of nitrogens with zero attached hydrogens (tertiary/aromatic N) is 4. The van der Waals surface area contributed by atoms with Gasteiger partial charge in [0, 0.05) is 30.7 Å². The second kappa shape index (κ2) is 11.9. The van der Waals surface area contributed by atoms with E-state index in [1.807, 2.05) is 6.07 Å². The minimum Gasteiger partial charge on any atom is -0.465 e. The van der Waals surface area contributed by atoms with Gasteiger partial charge in [-0.05, 0) is 26.8 Å². The number of anilines is 2. The average molecular weight is 509 g/mol. The predicted octanol–water partition coefficient (Wildman–Crippen LogP) is 3.17. The zero-order valence-electron chi connectivity index (χ0n) is 19.8. The third-order valence-electron chi connectivity index (χ3n) is 4.66. The Kier molecular flexibility index (Phi) is 9.25. The van der Waals surface area contributed by atoms with E-state index in [0.717, 1.165) is 0 Å². The summed E-state index contributed by atoms with van der Waals surface area (Å²) in [4.78, 5) is 32.8. The first kappa shape index (κ1) is 28.0. The molecule has 0 aliphatic carbocycles. The number of amides is 2. The summed E-state index contributed by atoms with van der Waals surface area (Å²) in [5.41, 5.74) is -0.401. The van der Waals surface area contributed by atoms with Gasteiger partial charge in [-0.25, -0.2) is 9.78 Å². The lowest BCUT2D eigenvalue weighted by Crippen LogP contribution is -2.48. The SMILES string of the molecule is CC(C)(C)N(CCNC(=O)CNc1nc(NCc2ccccc2OC(F)(F)F)ncc1C#N)C(=O)O. The van der Waals surface area contributed by atoms with Crippen LogP contribution in [0.15, 0.2) is 30.5 Å². The van der Waals surface area contributed by atoms with Crippen molar-refractivity contribution >= 4 is 23.8 Å². The van der Waals surface area contributed by atoms with E-state index in [4.69, 9.17) is 0 Å². The summed E-state index contributed by atoms with van der Waals surface area (Å²) in [6.45, 7) is 4.98. The molecule has 0 atom stereocenters. The lowest BCUT2D eigenvalue weighted by atomic mass is 10.1. The number of nitriles is 1. The number of alkyl halides is 3. The maximum absolute atomic E-state index is 12.6. The summed E-state index contributed by atoms with van der Waals surface area (Å²) in [5, 5.41) is 26.6. The second-order valence-electron chi connectivity index (χ2n) is 8.39. The summed E-state index contributed by atoms with van der Waals surface area (Å²) < 4.78 is 41.8. The van der Waals surface area contributed by atoms with Crippen molar-refractivity contribution in [2.24, 2.45) is 0 Å². The second-order valence-corrected chi connectivity index (χ2v) is 8.39. The zero-order valence-corrected chi connectivity index (χ0v) is 19.8. The lowest BCUT2D eigenvalue weighted by Gasteiger charge is -2.33. The first-order valence-corrected chi connectivity index (χ1v) is 10.7. The van der Waals surface area contributed by atoms with E-state index >= 15 is 0 Å². The molecule has 0 radical (unpaired) electrons. The van der Waals surface area contributed by atoms with Crippen LogP contribution in [0.1, 0.15) is 31.9 Å². The maximum atomic E-state index is 12.6. The molecular formula is C22H26F3N7O4. The topological polar surface area (TPSA) is 152 Å². The number of aromatic nitrogens is 2. The van der Waals surface area contributed by atoms with Crippen LogP contribution >= 0.6 is 0 Å². The standard InChI is InChI=1S/C22H26F3N7O4/c1-21(2,3)32(20(34)35)9-8-27-17(33)13-28-18-15(10-26)12-30-19(31-18)29-11-14-6-4-5-7-16(14)36-22(23,24)25/h4-7,12H,8-9,11,13H2,1-3H3,(H,27,33)(H,34,35)(H2,28,29,30,31). The van der Waals surface area contributed by atoms with E-state index in [-0.39, 0.29) is 54.8 Å². The molecule has 1 heterocycles. The van der Waals surface area contributed by atoms with E-state index in [1.54, 1.807) is 26.8 Å². The van der Waals surface area contributed by atoms with Crippen LogP contribution in [0.2, 0.25) is 0 Å². The van der Waals surface area contributed by atoms with Crippen LogP contribution in [0.5, 0.6) is 5.75 Å². The molecule has 0 spiro atoms. The van der Waals surface area contributed by atoms with Gasteiger partial charge in [0.2, 0.25) is 11.9 Å². The molecule has 0 fully saturated rings. The molecule has 2 amide bonds. The highest BCUT2D eigenvalue weighted by molar-refractivity contribution is 5.80. The molecule has 0 bridgehead atoms. The number of nitrogens with one attached hydrogen (secondary N) is 3. The van der Waals surface area contributed by atoms with Crippen LogP contribution in [0.3, 0.4) is 0 Å². The van der Waals surface area contributed by atoms with Crippen LogP contribution in [0.4, 0.5) is 29.7 Å². The van der Waals surface area contributed by atoms with E-state index in [9.17, 15) is 33.1 Å². The van der Waals surface area contributed by atoms with Crippen molar-refractivity contribution in [3.8, 4) is 11.8 Å². The smallest absolute Gasteiger partial charge is 0.465 e. The van der Waals surface area contributed by atoms with E-state index in [1.165, 1.54) is 29.3 Å². The molecule has 1 aromatic heterocycles. The quantitative estimate of drug-likeness (QED) is 0.378. The van der Waals surface area contributed by atoms with E-state index in [2.05, 4.69) is 30.7 Å². The van der Waals surface area contributed by atoms with Crippen molar-refractivity contribution in [3.63, 3.8) is 0 Å². The van der Waals surface area contributed by atoms with Gasteiger partial charge in [0.15, 0.2) is 0 Å². The van der Waals surface area contributed by atoms with E-state index < -0.39 is 23.9 Å². The Morgan fingerprint density at radius 1 is 1.19 bits per heavy atom. The van der Waals surface area contributed by atoms with Crippen molar-refractivity contribution in [3.05, 3.63) is 41.6 Å². The van der Waals surface area contributed by atoms with Gasteiger partial charge < -0.3 is 30.7 Å². The van der Waals surface area contributed by atoms with Gasteiger partial charge in [-0.15, -0.1) is 13.2 Å². The Bertz CT molecular complexity index is 1110. The van der Waals surface area contributed by atoms with Crippen molar-refractivity contribution in [2.75, 3.05) is 30.3 Å². The molecule has 0 aliphatic rings. The van der Waals surface area contributed by atoms with Gasteiger partial charge in [0.25, 0.3) is 0 Å². The van der Waals surface area contributed by atoms with Crippen LogP contribution in [0, 0.1) is 11.3 Å². The molecule has 0 aliphatic heterocycles. The van der Waals surface area contributed by atoms with Gasteiger partial charge in [0.1, 0.15) is 23.2 Å². The van der Waals surface area contributed by atoms with Gasteiger partial charge in [-0.3, -0.25) is 4.79 Å². The number of carbonyl (C=O) groups excluding carboxylic acids is 1. The highest BCUT2D eigenvalue weighted by atomic mass is 19.4. The molecular weight excluding hydrogens is 483 g/mol. The number of benzene rings is 1. The Morgan fingerprint density at radius 3 is 2.50 bits per heavy atom. The number of carboxylic acid groups (broad SMARTS) is 1. The minimum atomic E-state index is -4.85. The van der Waals surface area contributed by atoms with Gasteiger partial charge in [-0.1, -0.05) is 18.2 Å². The van der Waals surface area contributed by atoms with Crippen molar-refractivity contribution < 1.29 is 32.6 Å². The molecule has 194 valence electrons. The fourth-order valence-corrected chi connectivity index (χ4v) is 2.98. The average Bonchev–Trinajstić information content (AvgIpc) is 2.77. The summed E-state index contributed by atoms with van der Waals surface area (Å²) in [6, 6.07) is 7.43. The first-order valence-electron chi connectivity index (χ1n) is 10.7. The van der Waals surface area contributed by atoms with E-state index in [0.29, 0.717) is 0 Å². The van der Waals surface area contributed by atoms with Crippen LogP contribution in [-0.2, 0) is 11.3 Å². The number of rotatable bonds is 10. The molecule has 2 rings (SSSR count). The fraction of sp³-hybridized carbons (Fsp3) is 0.409. The monoisotopic (exact) mass is 509 g/mol. The fourth-order valence-electron chi connectivity index (χ4n) is 2.98. The number of carbonyl (C=O) groups is 2. The van der Waals surface area contributed by atoms with Gasteiger partial charge in [0.05, 0.1) is 12.7 Å². The molecule has 11 nitrogen and oxygen atoms in total. The molecule has 14 heteroatoms. The summed E-state index contributed by atoms with van der Waals surface area (Å²) >= 11 is 0. The molecule has 0 saturated heterocycles. The Morgan fingerprint density at radius 2 is 1.89 bits per heavy atom. The largest absolute Gasteiger partial charge is 0.573 e. The summed E-state index contributed by atoms with van der Waals surface area (Å²) in [5.74, 6) is -0.814. The van der Waals surface area contributed by atoms with Crippen LogP contribution in [0.25, 0.3) is 0 Å². The van der Waals surface area contributed by atoms with Crippen molar-refractivity contribution in [2.45, 2.75) is 39.2 Å². The molecule has 2 aromatic rings. The third kappa shape index (κ3) is 8.82. The minimum absolute atomic E-state index is 0.000923. The Labute approximate surface area is 205 Å². The molecule has 0 saturated carbocycles. The molecule has 1 aromatic carbocycles. The molecule has 4 N–H and O–H groups in total. The highest BCUT2D eigenvalue weighted by Gasteiger charge is 2.32. The summed E-state index contributed by atoms with van der Waals surface area (Å²) in [6.07, 6.45) is -4.76. The van der Waals surface area contributed by atoms with Crippen molar-refractivity contribution in [1.29, 1.82) is 5.26 Å². The Balaban J connectivity index is 1.97. The van der Waals surface area contributed by atoms with Gasteiger partial charge in [-0.2, -0.15) is 10.2 Å². The normalized spacial score (nSPS) is 11.2. The zero-order chi connectivity index (χ0) is 26.9. The molecule has 36 heavy (non-hydrogen) atoms. The number of ether oxygens (including phenoxy) is 1. The van der Waals surface area contributed by atoms with Crippen LogP contribution < -0.4 is 20.7 Å². The summed E-state index contributed by atoms with van der Waals surface area (Å²) in [7, 11) is 0. The van der Waals surface area contributed by atoms with Gasteiger partial charge >= 0.3 is 12.5 Å². The predicted molar refractivity (Wildman–Crippen MR) is 123 cm³/mol. The Hall–Kier alpha value is -4.28. The maximum Gasteiger partial charge on any atom is 0.573 e. The number of hydrogen-bond donors (Lipinski definition) is 4. The van der Waals surface area contributed by atoms with Crippen LogP contribution in [-0.4, -0.2) is 63.5 Å². The highest BCUT2D eigenvalue weighted by Crippen LogP contribution is 2.26. The third-order valence-corrected chi connectivity index (χ3v) is 4.66.